The minimum absolute atomic E-state index is 0.00588. The zero-order chi connectivity index (χ0) is 11.4. The molecule has 3 nitrogen and oxygen atoms in total. The number of H-pyrrole nitrogens is 1. The first kappa shape index (κ1) is 12.1. The summed E-state index contributed by atoms with van der Waals surface area (Å²) in [6.07, 6.45) is 0.386. The van der Waals surface area contributed by atoms with Gasteiger partial charge in [-0.15, -0.1) is 11.3 Å². The Labute approximate surface area is 98.2 Å². The lowest BCUT2D eigenvalue weighted by Gasteiger charge is -2.03. The Balaban J connectivity index is 2.55. The van der Waals surface area contributed by atoms with E-state index in [-0.39, 0.29) is 5.91 Å². The molecule has 0 aliphatic heterocycles. The maximum absolute atomic E-state index is 11.5. The van der Waals surface area contributed by atoms with E-state index in [1.54, 1.807) is 0 Å². The summed E-state index contributed by atoms with van der Waals surface area (Å²) in [5.41, 5.74) is 1.93. The molecular formula is C10H14N2OS2. The van der Waals surface area contributed by atoms with Gasteiger partial charge in [0.25, 0.3) is 0 Å². The average Bonchev–Trinajstić information content (AvgIpc) is 2.42. The van der Waals surface area contributed by atoms with Crippen LogP contribution in [0.2, 0.25) is 0 Å². The van der Waals surface area contributed by atoms with Crippen LogP contribution in [0.15, 0.2) is 12.2 Å². The summed E-state index contributed by atoms with van der Waals surface area (Å²) in [4.78, 5) is 15.5. The maximum Gasteiger partial charge on any atom is 0.225 e. The Morgan fingerprint density at radius 3 is 2.80 bits per heavy atom. The number of hydrogen-bond acceptors (Lipinski definition) is 3. The number of carbonyl (C=O) groups excluding carboxylic acids is 1. The van der Waals surface area contributed by atoms with Crippen LogP contribution in [0.1, 0.15) is 17.5 Å². The van der Waals surface area contributed by atoms with E-state index in [0.29, 0.717) is 13.0 Å². The minimum atomic E-state index is 0.00588. The molecule has 0 bridgehead atoms. The van der Waals surface area contributed by atoms with Gasteiger partial charge in [-0.25, -0.2) is 0 Å². The lowest BCUT2D eigenvalue weighted by molar-refractivity contribution is -0.120. The molecule has 1 heterocycles. The van der Waals surface area contributed by atoms with Gasteiger partial charge in [0.15, 0.2) is 3.95 Å². The lowest BCUT2D eigenvalue weighted by atomic mass is 10.3. The molecule has 0 aliphatic rings. The van der Waals surface area contributed by atoms with Crippen LogP contribution in [-0.2, 0) is 11.2 Å². The Morgan fingerprint density at radius 1 is 1.67 bits per heavy atom. The summed E-state index contributed by atoms with van der Waals surface area (Å²) < 4.78 is 0.718. The van der Waals surface area contributed by atoms with Crippen molar-refractivity contribution in [2.75, 3.05) is 6.54 Å². The van der Waals surface area contributed by atoms with Crippen molar-refractivity contribution < 1.29 is 4.79 Å². The van der Waals surface area contributed by atoms with Gasteiger partial charge in [0, 0.05) is 17.1 Å². The Morgan fingerprint density at radius 2 is 2.33 bits per heavy atom. The molecule has 0 radical (unpaired) electrons. The van der Waals surface area contributed by atoms with Crippen LogP contribution in [0, 0.1) is 10.9 Å². The van der Waals surface area contributed by atoms with Gasteiger partial charge in [-0.2, -0.15) is 0 Å². The van der Waals surface area contributed by atoms with Gasteiger partial charge in [-0.3, -0.25) is 4.79 Å². The normalized spacial score (nSPS) is 10.0. The molecule has 2 N–H and O–H groups in total. The molecule has 1 aromatic heterocycles. The quantitative estimate of drug-likeness (QED) is 0.629. The molecule has 0 aromatic carbocycles. The maximum atomic E-state index is 11.5. The summed E-state index contributed by atoms with van der Waals surface area (Å²) in [6, 6.07) is 0. The molecule has 1 amide bonds. The number of amides is 1. The Hall–Kier alpha value is -0.940. The number of aryl methyl sites for hydroxylation is 1. The van der Waals surface area contributed by atoms with Crippen molar-refractivity contribution in [1.29, 1.82) is 0 Å². The van der Waals surface area contributed by atoms with E-state index in [4.69, 9.17) is 12.2 Å². The van der Waals surface area contributed by atoms with E-state index < -0.39 is 0 Å². The molecule has 0 spiro atoms. The third-order valence-electron chi connectivity index (χ3n) is 1.83. The summed E-state index contributed by atoms with van der Waals surface area (Å²) in [6.45, 7) is 8.06. The third kappa shape index (κ3) is 3.97. The fourth-order valence-electron chi connectivity index (χ4n) is 1.06. The molecule has 0 atom stereocenters. The number of rotatable bonds is 4. The first-order valence-corrected chi connectivity index (χ1v) is 5.81. The van der Waals surface area contributed by atoms with Crippen molar-refractivity contribution in [1.82, 2.24) is 10.3 Å². The second-order valence-corrected chi connectivity index (χ2v) is 5.25. The van der Waals surface area contributed by atoms with Crippen LogP contribution in [0.4, 0.5) is 0 Å². The van der Waals surface area contributed by atoms with E-state index >= 15 is 0 Å². The number of aromatic amines is 1. The van der Waals surface area contributed by atoms with Gasteiger partial charge in [-0.1, -0.05) is 12.2 Å². The summed E-state index contributed by atoms with van der Waals surface area (Å²) in [5, 5.41) is 2.79. The number of carbonyl (C=O) groups is 1. The molecule has 0 unspecified atom stereocenters. The van der Waals surface area contributed by atoms with E-state index in [9.17, 15) is 4.79 Å². The molecule has 0 saturated heterocycles. The smallest absolute Gasteiger partial charge is 0.225 e. The topological polar surface area (TPSA) is 44.9 Å². The molecule has 82 valence electrons. The molecule has 5 heteroatoms. The number of aromatic nitrogens is 1. The molecule has 1 aromatic rings. The van der Waals surface area contributed by atoms with Gasteiger partial charge in [0.05, 0.1) is 6.42 Å². The standard InChI is InChI=1S/C10H14N2OS2/c1-6(2)5-11-9(13)4-8-7(3)12-10(14)15-8/h1,4-5H2,2-3H3,(H,11,13)(H,12,14). The molecule has 0 fully saturated rings. The van der Waals surface area contributed by atoms with E-state index in [1.165, 1.54) is 11.3 Å². The van der Waals surface area contributed by atoms with Crippen LogP contribution in [0.3, 0.4) is 0 Å². The molecule has 0 aliphatic carbocycles. The SMILES string of the molecule is C=C(C)CNC(=O)Cc1sc(=S)[nH]c1C. The summed E-state index contributed by atoms with van der Waals surface area (Å²) in [5.74, 6) is 0.00588. The fourth-order valence-corrected chi connectivity index (χ4v) is 2.35. The number of nitrogens with one attached hydrogen (secondary N) is 2. The van der Waals surface area contributed by atoms with Crippen LogP contribution in [0.5, 0.6) is 0 Å². The van der Waals surface area contributed by atoms with Crippen molar-refractivity contribution in [2.45, 2.75) is 20.3 Å². The zero-order valence-corrected chi connectivity index (χ0v) is 10.5. The minimum Gasteiger partial charge on any atom is -0.352 e. The van der Waals surface area contributed by atoms with Crippen LogP contribution < -0.4 is 5.32 Å². The van der Waals surface area contributed by atoms with Crippen molar-refractivity contribution in [3.63, 3.8) is 0 Å². The lowest BCUT2D eigenvalue weighted by Crippen LogP contribution is -2.26. The fraction of sp³-hybridized carbons (Fsp3) is 0.400. The van der Waals surface area contributed by atoms with Gasteiger partial charge in [0.1, 0.15) is 0 Å². The van der Waals surface area contributed by atoms with Gasteiger partial charge in [0.2, 0.25) is 5.91 Å². The van der Waals surface area contributed by atoms with Crippen molar-refractivity contribution in [3.8, 4) is 0 Å². The predicted octanol–water partition coefficient (Wildman–Crippen LogP) is 2.35. The van der Waals surface area contributed by atoms with Crippen molar-refractivity contribution >= 4 is 29.5 Å². The molecule has 1 rings (SSSR count). The van der Waals surface area contributed by atoms with Crippen molar-refractivity contribution in [2.24, 2.45) is 0 Å². The van der Waals surface area contributed by atoms with E-state index in [2.05, 4.69) is 16.9 Å². The Bertz CT molecular complexity index is 431. The second kappa shape index (κ2) is 5.23. The number of thiazole rings is 1. The van der Waals surface area contributed by atoms with Gasteiger partial charge < -0.3 is 10.3 Å². The number of hydrogen-bond donors (Lipinski definition) is 2. The van der Waals surface area contributed by atoms with Crippen molar-refractivity contribution in [3.05, 3.63) is 26.7 Å². The molecular weight excluding hydrogens is 228 g/mol. The second-order valence-electron chi connectivity index (χ2n) is 3.47. The first-order valence-electron chi connectivity index (χ1n) is 4.58. The van der Waals surface area contributed by atoms with Crippen LogP contribution in [0.25, 0.3) is 0 Å². The van der Waals surface area contributed by atoms with E-state index in [1.807, 2.05) is 13.8 Å². The Kier molecular flexibility index (Phi) is 4.23. The van der Waals surface area contributed by atoms with Crippen LogP contribution >= 0.6 is 23.6 Å². The molecule has 0 saturated carbocycles. The largest absolute Gasteiger partial charge is 0.352 e. The average molecular weight is 242 g/mol. The highest BCUT2D eigenvalue weighted by Gasteiger charge is 2.07. The van der Waals surface area contributed by atoms with Gasteiger partial charge >= 0.3 is 0 Å². The monoisotopic (exact) mass is 242 g/mol. The zero-order valence-electron chi connectivity index (χ0n) is 8.85. The third-order valence-corrected chi connectivity index (χ3v) is 3.17. The molecule has 15 heavy (non-hydrogen) atoms. The van der Waals surface area contributed by atoms with Crippen LogP contribution in [-0.4, -0.2) is 17.4 Å². The summed E-state index contributed by atoms with van der Waals surface area (Å²) in [7, 11) is 0. The highest BCUT2D eigenvalue weighted by Crippen LogP contribution is 2.14. The first-order chi connectivity index (χ1) is 6.99. The van der Waals surface area contributed by atoms with Gasteiger partial charge in [-0.05, 0) is 26.1 Å². The highest BCUT2D eigenvalue weighted by molar-refractivity contribution is 7.73. The van der Waals surface area contributed by atoms with E-state index in [0.717, 1.165) is 20.1 Å². The predicted molar refractivity (Wildman–Crippen MR) is 65.8 cm³/mol. The summed E-state index contributed by atoms with van der Waals surface area (Å²) >= 11 is 6.45. The highest BCUT2D eigenvalue weighted by atomic mass is 32.1.